The van der Waals surface area contributed by atoms with Crippen LogP contribution >= 0.6 is 0 Å². The lowest BCUT2D eigenvalue weighted by molar-refractivity contribution is -0.146. The second kappa shape index (κ2) is 9.06. The van der Waals surface area contributed by atoms with E-state index in [-0.39, 0.29) is 11.8 Å². The largest absolute Gasteiger partial charge is 0.478 e. The molecule has 0 bridgehead atoms. The van der Waals surface area contributed by atoms with Gasteiger partial charge in [0.25, 0.3) is 5.91 Å². The van der Waals surface area contributed by atoms with Crippen molar-refractivity contribution in [3.63, 3.8) is 0 Å². The standard InChI is InChI=1S/C25H35N5O2/c1-17-8-6-10-19(14-17)32-25(2,3)24(31)30-12-7-9-18(15-30)22-27-21-11-13-29(5)16-20(21)23(26-4)28-22/h6,8,10,14,18H,7,9,11-13,15-16H2,1-5H3,(H,26,27,28)/t18-/m0/s1. The van der Waals surface area contributed by atoms with Gasteiger partial charge in [0.1, 0.15) is 17.4 Å². The summed E-state index contributed by atoms with van der Waals surface area (Å²) >= 11 is 0. The van der Waals surface area contributed by atoms with E-state index in [1.54, 1.807) is 0 Å². The molecule has 1 aromatic carbocycles. The fourth-order valence-corrected chi connectivity index (χ4v) is 4.73. The fraction of sp³-hybridized carbons (Fsp3) is 0.560. The zero-order valence-corrected chi connectivity index (χ0v) is 19.9. The number of carbonyl (C=O) groups excluding carboxylic acids is 1. The fourth-order valence-electron chi connectivity index (χ4n) is 4.73. The molecule has 3 heterocycles. The number of carbonyl (C=O) groups is 1. The third kappa shape index (κ3) is 4.72. The maximum absolute atomic E-state index is 13.4. The topological polar surface area (TPSA) is 70.6 Å². The number of amides is 1. The van der Waals surface area contributed by atoms with Crippen LogP contribution in [0.4, 0.5) is 5.82 Å². The molecule has 2 aliphatic heterocycles. The molecule has 1 fully saturated rings. The summed E-state index contributed by atoms with van der Waals surface area (Å²) < 4.78 is 6.12. The maximum atomic E-state index is 13.4. The summed E-state index contributed by atoms with van der Waals surface area (Å²) in [5.74, 6) is 2.64. The van der Waals surface area contributed by atoms with Gasteiger partial charge in [-0.2, -0.15) is 0 Å². The number of benzene rings is 1. The zero-order chi connectivity index (χ0) is 22.9. The number of likely N-dealkylation sites (tertiary alicyclic amines) is 1. The molecule has 0 aliphatic carbocycles. The maximum Gasteiger partial charge on any atom is 0.266 e. The van der Waals surface area contributed by atoms with Crippen LogP contribution in [0.25, 0.3) is 0 Å². The Morgan fingerprint density at radius 3 is 2.81 bits per heavy atom. The number of fused-ring (bicyclic) bond motifs is 1. The van der Waals surface area contributed by atoms with Crippen molar-refractivity contribution in [2.45, 2.75) is 58.1 Å². The van der Waals surface area contributed by atoms with Crippen molar-refractivity contribution in [1.82, 2.24) is 19.8 Å². The third-order valence-corrected chi connectivity index (χ3v) is 6.46. The second-order valence-corrected chi connectivity index (χ2v) is 9.61. The molecular weight excluding hydrogens is 402 g/mol. The van der Waals surface area contributed by atoms with Gasteiger partial charge in [-0.25, -0.2) is 9.97 Å². The minimum atomic E-state index is -0.937. The van der Waals surface area contributed by atoms with Crippen molar-refractivity contribution in [1.29, 1.82) is 0 Å². The Bertz CT molecular complexity index is 973. The van der Waals surface area contributed by atoms with Gasteiger partial charge in [0.05, 0.1) is 5.69 Å². The smallest absolute Gasteiger partial charge is 0.266 e. The Labute approximate surface area is 191 Å². The Hall–Kier alpha value is -2.67. The van der Waals surface area contributed by atoms with Crippen molar-refractivity contribution in [2.75, 3.05) is 39.0 Å². The number of nitrogens with zero attached hydrogens (tertiary/aromatic N) is 4. The van der Waals surface area contributed by atoms with E-state index in [2.05, 4.69) is 17.3 Å². The van der Waals surface area contributed by atoms with E-state index < -0.39 is 5.60 Å². The molecule has 7 nitrogen and oxygen atoms in total. The minimum absolute atomic E-state index is 0.0112. The van der Waals surface area contributed by atoms with Crippen molar-refractivity contribution in [2.24, 2.45) is 0 Å². The zero-order valence-electron chi connectivity index (χ0n) is 19.9. The van der Waals surface area contributed by atoms with Gasteiger partial charge in [0.2, 0.25) is 0 Å². The number of aromatic nitrogens is 2. The van der Waals surface area contributed by atoms with Crippen LogP contribution in [0.5, 0.6) is 5.75 Å². The molecule has 0 saturated carbocycles. The lowest BCUT2D eigenvalue weighted by atomic mass is 9.94. The van der Waals surface area contributed by atoms with E-state index in [4.69, 9.17) is 14.7 Å². The average Bonchev–Trinajstić information content (AvgIpc) is 2.77. The molecule has 1 N–H and O–H groups in total. The number of nitrogens with one attached hydrogen (secondary N) is 1. The highest BCUT2D eigenvalue weighted by Gasteiger charge is 2.37. The summed E-state index contributed by atoms with van der Waals surface area (Å²) in [5.41, 5.74) is 2.51. The Morgan fingerprint density at radius 2 is 2.06 bits per heavy atom. The number of piperidine rings is 1. The van der Waals surface area contributed by atoms with E-state index in [1.807, 2.05) is 57.0 Å². The number of hydrogen-bond donors (Lipinski definition) is 1. The first-order valence-electron chi connectivity index (χ1n) is 11.6. The first kappa shape index (κ1) is 22.5. The van der Waals surface area contributed by atoms with E-state index >= 15 is 0 Å². The highest BCUT2D eigenvalue weighted by molar-refractivity contribution is 5.85. The van der Waals surface area contributed by atoms with Crippen LogP contribution in [0.2, 0.25) is 0 Å². The Morgan fingerprint density at radius 1 is 1.25 bits per heavy atom. The number of likely N-dealkylation sites (N-methyl/N-ethyl adjacent to an activating group) is 1. The normalized spacial score (nSPS) is 19.4. The van der Waals surface area contributed by atoms with Crippen molar-refractivity contribution in [3.8, 4) is 5.75 Å². The highest BCUT2D eigenvalue weighted by atomic mass is 16.5. The third-order valence-electron chi connectivity index (χ3n) is 6.46. The Balaban J connectivity index is 1.51. The van der Waals surface area contributed by atoms with Gasteiger partial charge in [-0.05, 0) is 58.4 Å². The number of aryl methyl sites for hydroxylation is 1. The number of anilines is 1. The summed E-state index contributed by atoms with van der Waals surface area (Å²) in [6.45, 7) is 8.97. The summed E-state index contributed by atoms with van der Waals surface area (Å²) in [5, 5.41) is 3.27. The van der Waals surface area contributed by atoms with Crippen molar-refractivity contribution in [3.05, 3.63) is 46.9 Å². The van der Waals surface area contributed by atoms with Crippen LogP contribution in [0.1, 0.15) is 55.3 Å². The number of hydrogen-bond acceptors (Lipinski definition) is 6. The van der Waals surface area contributed by atoms with Gasteiger partial charge in [-0.3, -0.25) is 4.79 Å². The SMILES string of the molecule is CNc1nc([C@H]2CCCN(C(=O)C(C)(C)Oc3cccc(C)c3)C2)nc2c1CN(C)CC2. The Kier molecular flexibility index (Phi) is 6.38. The monoisotopic (exact) mass is 437 g/mol. The number of ether oxygens (including phenoxy) is 1. The van der Waals surface area contributed by atoms with Crippen molar-refractivity contribution < 1.29 is 9.53 Å². The van der Waals surface area contributed by atoms with E-state index in [1.165, 1.54) is 5.56 Å². The van der Waals surface area contributed by atoms with Gasteiger partial charge < -0.3 is 19.9 Å². The van der Waals surface area contributed by atoms with Gasteiger partial charge in [0.15, 0.2) is 5.60 Å². The molecule has 1 amide bonds. The summed E-state index contributed by atoms with van der Waals surface area (Å²) in [6.07, 6.45) is 2.86. The summed E-state index contributed by atoms with van der Waals surface area (Å²) in [7, 11) is 4.05. The summed E-state index contributed by atoms with van der Waals surface area (Å²) in [4.78, 5) is 27.5. The van der Waals surface area contributed by atoms with Crippen LogP contribution in [-0.4, -0.2) is 65.0 Å². The molecule has 4 rings (SSSR count). The van der Waals surface area contributed by atoms with Crippen LogP contribution in [0.3, 0.4) is 0 Å². The molecule has 0 unspecified atom stereocenters. The first-order chi connectivity index (χ1) is 15.3. The molecule has 1 saturated heterocycles. The molecule has 0 radical (unpaired) electrons. The molecule has 2 aliphatic rings. The molecule has 172 valence electrons. The highest BCUT2D eigenvalue weighted by Crippen LogP contribution is 2.31. The van der Waals surface area contributed by atoms with Crippen molar-refractivity contribution >= 4 is 11.7 Å². The van der Waals surface area contributed by atoms with Gasteiger partial charge >= 0.3 is 0 Å². The van der Waals surface area contributed by atoms with E-state index in [0.29, 0.717) is 6.54 Å². The molecule has 1 aromatic heterocycles. The van der Waals surface area contributed by atoms with E-state index in [9.17, 15) is 4.79 Å². The quantitative estimate of drug-likeness (QED) is 0.773. The predicted octanol–water partition coefficient (Wildman–Crippen LogP) is 3.38. The van der Waals surface area contributed by atoms with Crippen LogP contribution in [-0.2, 0) is 17.8 Å². The van der Waals surface area contributed by atoms with Crippen LogP contribution < -0.4 is 10.1 Å². The lowest BCUT2D eigenvalue weighted by Gasteiger charge is -2.37. The van der Waals surface area contributed by atoms with E-state index in [0.717, 1.165) is 67.5 Å². The number of rotatable bonds is 5. The average molecular weight is 438 g/mol. The minimum Gasteiger partial charge on any atom is -0.478 e. The van der Waals surface area contributed by atoms with Gasteiger partial charge in [-0.1, -0.05) is 12.1 Å². The lowest BCUT2D eigenvalue weighted by Crippen LogP contribution is -2.51. The molecular formula is C25H35N5O2. The van der Waals surface area contributed by atoms with Gasteiger partial charge in [0, 0.05) is 51.1 Å². The molecule has 1 atom stereocenters. The van der Waals surface area contributed by atoms with Gasteiger partial charge in [-0.15, -0.1) is 0 Å². The predicted molar refractivity (Wildman–Crippen MR) is 126 cm³/mol. The second-order valence-electron chi connectivity index (χ2n) is 9.61. The molecule has 7 heteroatoms. The summed E-state index contributed by atoms with van der Waals surface area (Å²) in [6, 6.07) is 7.84. The molecule has 32 heavy (non-hydrogen) atoms. The molecule has 0 spiro atoms. The van der Waals surface area contributed by atoms with Crippen LogP contribution in [0, 0.1) is 6.92 Å². The first-order valence-corrected chi connectivity index (χ1v) is 11.6. The molecule has 2 aromatic rings. The van der Waals surface area contributed by atoms with Crippen LogP contribution in [0.15, 0.2) is 24.3 Å².